The molecule has 1 aromatic rings. The Morgan fingerprint density at radius 3 is 2.42 bits per heavy atom. The van der Waals surface area contributed by atoms with E-state index in [1.54, 1.807) is 13.1 Å². The zero-order valence-corrected chi connectivity index (χ0v) is 12.7. The molecule has 0 aromatic heterocycles. The van der Waals surface area contributed by atoms with Gasteiger partial charge in [0, 0.05) is 5.56 Å². The van der Waals surface area contributed by atoms with Crippen LogP contribution in [0.15, 0.2) is 6.07 Å². The Kier molecular flexibility index (Phi) is 5.63. The Bertz CT molecular complexity index is 472. The number of carbonyl (C=O) groups is 1. The number of hydrogen-bond donors (Lipinski definition) is 1. The molecule has 1 aromatic carbocycles. The summed E-state index contributed by atoms with van der Waals surface area (Å²) in [5.41, 5.74) is 1.37. The Balaban J connectivity index is 3.52. The second-order valence-electron chi connectivity index (χ2n) is 4.50. The van der Waals surface area contributed by atoms with E-state index < -0.39 is 0 Å². The summed E-state index contributed by atoms with van der Waals surface area (Å²) >= 11 is 6.36. The van der Waals surface area contributed by atoms with Crippen molar-refractivity contribution in [2.75, 3.05) is 27.8 Å². The van der Waals surface area contributed by atoms with Gasteiger partial charge in [0.2, 0.25) is 0 Å². The normalized spacial score (nSPS) is 10.7. The van der Waals surface area contributed by atoms with Gasteiger partial charge in [0.25, 0.3) is 0 Å². The van der Waals surface area contributed by atoms with Crippen molar-refractivity contribution in [1.29, 1.82) is 0 Å². The van der Waals surface area contributed by atoms with Crippen molar-refractivity contribution in [3.8, 4) is 11.5 Å². The molecule has 0 heterocycles. The van der Waals surface area contributed by atoms with E-state index in [1.807, 2.05) is 13.8 Å². The summed E-state index contributed by atoms with van der Waals surface area (Å²) in [5, 5.41) is 3.29. The lowest BCUT2D eigenvalue weighted by molar-refractivity contribution is 0.0992. The maximum Gasteiger partial charge on any atom is 0.179 e. The summed E-state index contributed by atoms with van der Waals surface area (Å²) < 4.78 is 10.5. The van der Waals surface area contributed by atoms with E-state index in [9.17, 15) is 4.79 Å². The SMILES string of the molecule is CNCC(=O)c1cc(OC)c(OC)c(Cl)c1C(C)C. The van der Waals surface area contributed by atoms with E-state index in [2.05, 4.69) is 5.32 Å². The van der Waals surface area contributed by atoms with Gasteiger partial charge in [0.15, 0.2) is 17.3 Å². The summed E-state index contributed by atoms with van der Waals surface area (Å²) in [5.74, 6) is 1.03. The third-order valence-electron chi connectivity index (χ3n) is 2.86. The molecule has 5 heteroatoms. The Labute approximate surface area is 119 Å². The molecule has 0 bridgehead atoms. The molecule has 4 nitrogen and oxygen atoms in total. The second kappa shape index (κ2) is 6.78. The van der Waals surface area contributed by atoms with Crippen LogP contribution in [0.25, 0.3) is 0 Å². The fourth-order valence-electron chi connectivity index (χ4n) is 2.02. The van der Waals surface area contributed by atoms with Gasteiger partial charge in [-0.1, -0.05) is 25.4 Å². The van der Waals surface area contributed by atoms with Crippen molar-refractivity contribution in [3.63, 3.8) is 0 Å². The Hall–Kier alpha value is -1.26. The minimum atomic E-state index is -0.0194. The average Bonchev–Trinajstić information content (AvgIpc) is 2.37. The summed E-state index contributed by atoms with van der Waals surface area (Å²) in [7, 11) is 4.79. The van der Waals surface area contributed by atoms with Crippen molar-refractivity contribution in [2.24, 2.45) is 0 Å². The van der Waals surface area contributed by atoms with E-state index >= 15 is 0 Å². The largest absolute Gasteiger partial charge is 0.493 e. The van der Waals surface area contributed by atoms with E-state index in [-0.39, 0.29) is 18.2 Å². The number of Topliss-reactive ketones (excluding diaryl/α,β-unsaturated/α-hetero) is 1. The van der Waals surface area contributed by atoms with Gasteiger partial charge in [-0.05, 0) is 24.6 Å². The number of nitrogens with one attached hydrogen (secondary N) is 1. The van der Waals surface area contributed by atoms with Crippen molar-refractivity contribution in [2.45, 2.75) is 19.8 Å². The molecule has 0 atom stereocenters. The predicted octanol–water partition coefficient (Wildman–Crippen LogP) is 2.88. The molecule has 1 N–H and O–H groups in total. The number of ketones is 1. The highest BCUT2D eigenvalue weighted by atomic mass is 35.5. The zero-order valence-electron chi connectivity index (χ0n) is 12.0. The number of hydrogen-bond acceptors (Lipinski definition) is 4. The average molecular weight is 286 g/mol. The maximum atomic E-state index is 12.2. The highest BCUT2D eigenvalue weighted by molar-refractivity contribution is 6.33. The summed E-state index contributed by atoms with van der Waals surface area (Å²) in [4.78, 5) is 12.2. The lowest BCUT2D eigenvalue weighted by Crippen LogP contribution is -2.20. The van der Waals surface area contributed by atoms with Gasteiger partial charge in [-0.15, -0.1) is 0 Å². The molecular weight excluding hydrogens is 266 g/mol. The molecule has 0 aliphatic rings. The van der Waals surface area contributed by atoms with Crippen LogP contribution in [0.1, 0.15) is 35.7 Å². The molecule has 0 saturated carbocycles. The number of ether oxygens (including phenoxy) is 2. The molecule has 0 saturated heterocycles. The number of methoxy groups -OCH3 is 2. The Morgan fingerprint density at radius 1 is 1.37 bits per heavy atom. The molecule has 19 heavy (non-hydrogen) atoms. The van der Waals surface area contributed by atoms with Gasteiger partial charge in [-0.25, -0.2) is 0 Å². The third-order valence-corrected chi connectivity index (χ3v) is 3.24. The summed E-state index contributed by atoms with van der Waals surface area (Å²) in [6.45, 7) is 4.23. The predicted molar refractivity (Wildman–Crippen MR) is 76.9 cm³/mol. The summed E-state index contributed by atoms with van der Waals surface area (Å²) in [6, 6.07) is 1.69. The topological polar surface area (TPSA) is 47.6 Å². The molecule has 0 fully saturated rings. The van der Waals surface area contributed by atoms with E-state index in [4.69, 9.17) is 21.1 Å². The van der Waals surface area contributed by atoms with Crippen LogP contribution in [0.5, 0.6) is 11.5 Å². The van der Waals surface area contributed by atoms with Crippen LogP contribution >= 0.6 is 11.6 Å². The smallest absolute Gasteiger partial charge is 0.179 e. The minimum Gasteiger partial charge on any atom is -0.493 e. The van der Waals surface area contributed by atoms with Gasteiger partial charge in [0.05, 0.1) is 25.8 Å². The van der Waals surface area contributed by atoms with Gasteiger partial charge < -0.3 is 14.8 Å². The zero-order chi connectivity index (χ0) is 14.6. The first kappa shape index (κ1) is 15.8. The highest BCUT2D eigenvalue weighted by Gasteiger charge is 2.23. The lowest BCUT2D eigenvalue weighted by Gasteiger charge is -2.19. The van der Waals surface area contributed by atoms with Crippen LogP contribution in [-0.4, -0.2) is 33.6 Å². The fourth-order valence-corrected chi connectivity index (χ4v) is 2.51. The van der Waals surface area contributed by atoms with Crippen LogP contribution in [0.3, 0.4) is 0 Å². The standard InChI is InChI=1S/C14H20ClNO3/c1-8(2)12-9(10(17)7-16-3)6-11(18-4)14(19-5)13(12)15/h6,8,16H,7H2,1-5H3. The van der Waals surface area contributed by atoms with Gasteiger partial charge in [0.1, 0.15) is 0 Å². The third kappa shape index (κ3) is 3.19. The Morgan fingerprint density at radius 2 is 2.00 bits per heavy atom. The number of rotatable bonds is 6. The van der Waals surface area contributed by atoms with Crippen LogP contribution in [0.4, 0.5) is 0 Å². The first-order valence-electron chi connectivity index (χ1n) is 6.10. The number of benzene rings is 1. The van der Waals surface area contributed by atoms with E-state index in [0.29, 0.717) is 22.1 Å². The van der Waals surface area contributed by atoms with E-state index in [0.717, 1.165) is 5.56 Å². The fraction of sp³-hybridized carbons (Fsp3) is 0.500. The first-order valence-corrected chi connectivity index (χ1v) is 6.47. The first-order chi connectivity index (χ1) is 8.97. The van der Waals surface area contributed by atoms with Gasteiger partial charge in [-0.3, -0.25) is 4.79 Å². The molecule has 0 radical (unpaired) electrons. The highest BCUT2D eigenvalue weighted by Crippen LogP contribution is 2.42. The lowest BCUT2D eigenvalue weighted by atomic mass is 9.93. The number of halogens is 1. The van der Waals surface area contributed by atoms with Crippen LogP contribution < -0.4 is 14.8 Å². The van der Waals surface area contributed by atoms with Crippen LogP contribution in [0.2, 0.25) is 5.02 Å². The molecule has 0 spiro atoms. The second-order valence-corrected chi connectivity index (χ2v) is 4.87. The summed E-state index contributed by atoms with van der Waals surface area (Å²) in [6.07, 6.45) is 0. The number of likely N-dealkylation sites (N-methyl/N-ethyl adjacent to an activating group) is 1. The van der Waals surface area contributed by atoms with Crippen molar-refractivity contribution in [1.82, 2.24) is 5.32 Å². The molecule has 1 rings (SSSR count). The number of carbonyl (C=O) groups excluding carboxylic acids is 1. The molecule has 0 aliphatic heterocycles. The van der Waals surface area contributed by atoms with Crippen molar-refractivity contribution in [3.05, 3.63) is 22.2 Å². The monoisotopic (exact) mass is 285 g/mol. The van der Waals surface area contributed by atoms with Crippen molar-refractivity contribution >= 4 is 17.4 Å². The van der Waals surface area contributed by atoms with Gasteiger partial charge >= 0.3 is 0 Å². The molecule has 106 valence electrons. The van der Waals surface area contributed by atoms with Crippen LogP contribution in [0, 0.1) is 0 Å². The quantitative estimate of drug-likeness (QED) is 0.817. The molecule has 0 unspecified atom stereocenters. The molecule has 0 amide bonds. The minimum absolute atomic E-state index is 0.0194. The maximum absolute atomic E-state index is 12.2. The molecular formula is C14H20ClNO3. The molecule has 0 aliphatic carbocycles. The van der Waals surface area contributed by atoms with Crippen LogP contribution in [-0.2, 0) is 0 Å². The van der Waals surface area contributed by atoms with Gasteiger partial charge in [-0.2, -0.15) is 0 Å². The van der Waals surface area contributed by atoms with E-state index in [1.165, 1.54) is 14.2 Å². The van der Waals surface area contributed by atoms with Crippen molar-refractivity contribution < 1.29 is 14.3 Å².